The van der Waals surface area contributed by atoms with Crippen molar-refractivity contribution in [3.63, 3.8) is 0 Å². The van der Waals surface area contributed by atoms with Gasteiger partial charge in [-0.15, -0.1) is 11.3 Å². The van der Waals surface area contributed by atoms with Gasteiger partial charge in [-0.25, -0.2) is 14.8 Å². The van der Waals surface area contributed by atoms with Gasteiger partial charge in [-0.3, -0.25) is 0 Å². The van der Waals surface area contributed by atoms with Crippen molar-refractivity contribution in [3.05, 3.63) is 28.5 Å². The first-order chi connectivity index (χ1) is 13.1. The van der Waals surface area contributed by atoms with E-state index in [-0.39, 0.29) is 5.82 Å². The Kier molecular flexibility index (Phi) is 4.63. The quantitative estimate of drug-likeness (QED) is 0.619. The van der Waals surface area contributed by atoms with Crippen molar-refractivity contribution in [2.24, 2.45) is 0 Å². The Morgan fingerprint density at radius 2 is 2.00 bits per heavy atom. The largest absolute Gasteiger partial charge is 0.463 e. The van der Waals surface area contributed by atoms with Gasteiger partial charge in [0, 0.05) is 26.2 Å². The summed E-state index contributed by atoms with van der Waals surface area (Å²) in [6.45, 7) is 4.82. The van der Waals surface area contributed by atoms with Crippen LogP contribution in [0.15, 0.2) is 11.4 Å². The molecule has 27 heavy (non-hydrogen) atoms. The fraction of sp³-hybridized carbons (Fsp3) is 0.353. The molecule has 0 atom stereocenters. The monoisotopic (exact) mass is 400 g/mol. The van der Waals surface area contributed by atoms with Crippen molar-refractivity contribution < 1.29 is 9.53 Å². The zero-order chi connectivity index (χ0) is 19.0. The fourth-order valence-corrected chi connectivity index (χ4v) is 4.81. The summed E-state index contributed by atoms with van der Waals surface area (Å²) in [5, 5.41) is 12.2. The van der Waals surface area contributed by atoms with Crippen LogP contribution in [0.4, 0.5) is 10.8 Å². The van der Waals surface area contributed by atoms with Gasteiger partial charge >= 0.3 is 5.97 Å². The molecule has 0 bridgehead atoms. The van der Waals surface area contributed by atoms with E-state index in [1.165, 1.54) is 18.6 Å². The molecule has 0 radical (unpaired) electrons. The second-order valence-electron chi connectivity index (χ2n) is 6.03. The summed E-state index contributed by atoms with van der Waals surface area (Å²) in [6, 6.07) is 4.14. The molecule has 0 N–H and O–H groups in total. The molecule has 1 aliphatic heterocycles. The van der Waals surface area contributed by atoms with E-state index < -0.39 is 5.97 Å². The number of carbonyl (C=O) groups is 1. The third kappa shape index (κ3) is 3.09. The molecule has 4 heterocycles. The number of ether oxygens (including phenoxy) is 1. The molecule has 1 fully saturated rings. The highest BCUT2D eigenvalue weighted by Crippen LogP contribution is 2.32. The Morgan fingerprint density at radius 3 is 2.70 bits per heavy atom. The maximum Gasteiger partial charge on any atom is 0.376 e. The molecule has 8 nitrogen and oxygen atoms in total. The lowest BCUT2D eigenvalue weighted by atomic mass is 10.2. The van der Waals surface area contributed by atoms with Crippen LogP contribution in [0, 0.1) is 18.3 Å². The van der Waals surface area contributed by atoms with Crippen molar-refractivity contribution in [2.75, 3.05) is 43.1 Å². The van der Waals surface area contributed by atoms with Gasteiger partial charge in [0.25, 0.3) is 0 Å². The van der Waals surface area contributed by atoms with Crippen molar-refractivity contribution >= 4 is 49.9 Å². The smallest absolute Gasteiger partial charge is 0.376 e. The molecule has 0 saturated carbocycles. The minimum absolute atomic E-state index is 0.0747. The lowest BCUT2D eigenvalue weighted by Gasteiger charge is -2.36. The minimum Gasteiger partial charge on any atom is -0.463 e. The fourth-order valence-electron chi connectivity index (χ4n) is 3.07. The topological polar surface area (TPSA) is 95.2 Å². The van der Waals surface area contributed by atoms with Crippen LogP contribution < -0.4 is 9.80 Å². The van der Waals surface area contributed by atoms with Crippen LogP contribution in [0.3, 0.4) is 0 Å². The highest BCUT2D eigenvalue weighted by atomic mass is 32.1. The van der Waals surface area contributed by atoms with E-state index in [1.54, 1.807) is 11.3 Å². The molecule has 3 aromatic rings. The summed E-state index contributed by atoms with van der Waals surface area (Å²) in [7, 11) is 1.33. The number of thiophene rings is 1. The standard InChI is InChI=1S/C17H16N6O2S2/c1-10-11(9-18)16(27-21-10)23-6-4-22(5-7-23)15-13-12(3-8-26-13)19-14(20-15)17(24)25-2/h3,8H,4-7H2,1-2H3. The van der Waals surface area contributed by atoms with Crippen LogP contribution in [0.5, 0.6) is 0 Å². The van der Waals surface area contributed by atoms with Crippen LogP contribution in [0.25, 0.3) is 10.2 Å². The summed E-state index contributed by atoms with van der Waals surface area (Å²) in [4.78, 5) is 25.0. The number of methoxy groups -OCH3 is 1. The Labute approximate surface area is 163 Å². The maximum absolute atomic E-state index is 11.9. The number of aryl methyl sites for hydroxylation is 1. The lowest BCUT2D eigenvalue weighted by Crippen LogP contribution is -2.47. The van der Waals surface area contributed by atoms with Gasteiger partial charge in [0.05, 0.1) is 23.0 Å². The maximum atomic E-state index is 11.9. The number of anilines is 2. The molecule has 0 unspecified atom stereocenters. The number of nitriles is 1. The first kappa shape index (κ1) is 17.6. The number of carbonyl (C=O) groups excluding carboxylic acids is 1. The number of hydrogen-bond donors (Lipinski definition) is 0. The van der Waals surface area contributed by atoms with Crippen LogP contribution >= 0.6 is 22.9 Å². The molecular weight excluding hydrogens is 384 g/mol. The number of aromatic nitrogens is 3. The van der Waals surface area contributed by atoms with Crippen LogP contribution in [-0.2, 0) is 4.74 Å². The van der Waals surface area contributed by atoms with Gasteiger partial charge in [-0.05, 0) is 29.9 Å². The number of piperazine rings is 1. The normalized spacial score (nSPS) is 14.4. The van der Waals surface area contributed by atoms with Crippen molar-refractivity contribution in [1.29, 1.82) is 5.26 Å². The summed E-state index contributed by atoms with van der Waals surface area (Å²) >= 11 is 2.93. The minimum atomic E-state index is -0.540. The third-order valence-corrected chi connectivity index (χ3v) is 6.38. The Morgan fingerprint density at radius 1 is 1.26 bits per heavy atom. The molecule has 4 rings (SSSR count). The second kappa shape index (κ2) is 7.09. The Hall–Kier alpha value is -2.77. The molecule has 3 aromatic heterocycles. The zero-order valence-electron chi connectivity index (χ0n) is 14.8. The molecule has 10 heteroatoms. The molecule has 0 aliphatic carbocycles. The van der Waals surface area contributed by atoms with Gasteiger partial charge in [0.2, 0.25) is 5.82 Å². The molecule has 1 aliphatic rings. The van der Waals surface area contributed by atoms with Crippen LogP contribution in [0.1, 0.15) is 21.9 Å². The first-order valence-electron chi connectivity index (χ1n) is 8.32. The number of esters is 1. The van der Waals surface area contributed by atoms with Gasteiger partial charge in [0.1, 0.15) is 16.6 Å². The predicted molar refractivity (Wildman–Crippen MR) is 105 cm³/mol. The Balaban J connectivity index is 1.60. The molecular formula is C17H16N6O2S2. The zero-order valence-corrected chi connectivity index (χ0v) is 16.4. The summed E-state index contributed by atoms with van der Waals surface area (Å²) < 4.78 is 10.1. The number of fused-ring (bicyclic) bond motifs is 1. The first-order valence-corrected chi connectivity index (χ1v) is 9.97. The summed E-state index contributed by atoms with van der Waals surface area (Å²) in [5.41, 5.74) is 2.18. The van der Waals surface area contributed by atoms with Crippen molar-refractivity contribution in [2.45, 2.75) is 6.92 Å². The third-order valence-electron chi connectivity index (χ3n) is 4.48. The van der Waals surface area contributed by atoms with Crippen LogP contribution in [-0.4, -0.2) is 53.6 Å². The van der Waals surface area contributed by atoms with Crippen molar-refractivity contribution in [3.8, 4) is 6.07 Å². The van der Waals surface area contributed by atoms with Gasteiger partial charge in [-0.1, -0.05) is 0 Å². The summed E-state index contributed by atoms with van der Waals surface area (Å²) in [6.07, 6.45) is 0. The summed E-state index contributed by atoms with van der Waals surface area (Å²) in [5.74, 6) is 0.295. The lowest BCUT2D eigenvalue weighted by molar-refractivity contribution is 0.0587. The van der Waals surface area contributed by atoms with Crippen LogP contribution in [0.2, 0.25) is 0 Å². The SMILES string of the molecule is COC(=O)c1nc(N2CCN(c3snc(C)c3C#N)CC2)c2sccc2n1. The average molecular weight is 400 g/mol. The van der Waals surface area contributed by atoms with Gasteiger partial charge < -0.3 is 14.5 Å². The number of nitrogens with zero attached hydrogens (tertiary/aromatic N) is 6. The van der Waals surface area contributed by atoms with E-state index in [1.807, 2.05) is 18.4 Å². The highest BCUT2D eigenvalue weighted by Gasteiger charge is 2.25. The van der Waals surface area contributed by atoms with E-state index in [0.717, 1.165) is 52.9 Å². The van der Waals surface area contributed by atoms with E-state index in [9.17, 15) is 10.1 Å². The predicted octanol–water partition coefficient (Wildman–Crippen LogP) is 2.44. The molecule has 0 amide bonds. The average Bonchev–Trinajstić information content (AvgIpc) is 3.32. The van der Waals surface area contributed by atoms with E-state index >= 15 is 0 Å². The molecule has 0 spiro atoms. The second-order valence-corrected chi connectivity index (χ2v) is 7.70. The molecule has 138 valence electrons. The van der Waals surface area contributed by atoms with Gasteiger partial charge in [0.15, 0.2) is 5.82 Å². The van der Waals surface area contributed by atoms with Gasteiger partial charge in [-0.2, -0.15) is 9.64 Å². The van der Waals surface area contributed by atoms with E-state index in [4.69, 9.17) is 4.74 Å². The number of hydrogen-bond acceptors (Lipinski definition) is 10. The number of rotatable bonds is 3. The highest BCUT2D eigenvalue weighted by molar-refractivity contribution is 7.17. The Bertz CT molecular complexity index is 1050. The molecule has 0 aromatic carbocycles. The molecule has 1 saturated heterocycles. The van der Waals surface area contributed by atoms with E-state index in [2.05, 4.69) is 30.2 Å². The van der Waals surface area contributed by atoms with E-state index in [0.29, 0.717) is 5.56 Å². The van der Waals surface area contributed by atoms with Crippen molar-refractivity contribution in [1.82, 2.24) is 14.3 Å².